The standard InChI is InChI=1S/C22H29N3O3/c1-2-4-18-17-20(6-7-21(18)28-16-3-5-22(26)27)25-14-12-24(13-15-25)19-8-10-23-11-9-19/h6-11,17H,2-5,12-16H2,1H3,(H,26,27). The van der Waals surface area contributed by atoms with Gasteiger partial charge in [-0.2, -0.15) is 0 Å². The zero-order chi connectivity index (χ0) is 19.8. The average Bonchev–Trinajstić information content (AvgIpc) is 2.73. The molecule has 2 heterocycles. The highest BCUT2D eigenvalue weighted by molar-refractivity contribution is 5.66. The van der Waals surface area contributed by atoms with Crippen LogP contribution in [0.25, 0.3) is 0 Å². The molecule has 1 aliphatic heterocycles. The number of anilines is 2. The lowest BCUT2D eigenvalue weighted by Crippen LogP contribution is -2.46. The second-order valence-electron chi connectivity index (χ2n) is 7.07. The van der Waals surface area contributed by atoms with Crippen LogP contribution in [0.2, 0.25) is 0 Å². The molecule has 1 aromatic heterocycles. The van der Waals surface area contributed by atoms with Crippen molar-refractivity contribution in [3.63, 3.8) is 0 Å². The number of carboxylic acid groups (broad SMARTS) is 1. The van der Waals surface area contributed by atoms with E-state index in [9.17, 15) is 4.79 Å². The third-order valence-electron chi connectivity index (χ3n) is 5.03. The number of hydrogen-bond donors (Lipinski definition) is 1. The van der Waals surface area contributed by atoms with Gasteiger partial charge in [-0.25, -0.2) is 0 Å². The van der Waals surface area contributed by atoms with Crippen molar-refractivity contribution in [1.29, 1.82) is 0 Å². The highest BCUT2D eigenvalue weighted by Crippen LogP contribution is 2.28. The van der Waals surface area contributed by atoms with E-state index in [1.54, 1.807) is 0 Å². The molecule has 0 bridgehead atoms. The summed E-state index contributed by atoms with van der Waals surface area (Å²) in [7, 11) is 0. The molecule has 0 amide bonds. The number of rotatable bonds is 9. The van der Waals surface area contributed by atoms with E-state index in [4.69, 9.17) is 9.84 Å². The summed E-state index contributed by atoms with van der Waals surface area (Å²) in [5.74, 6) is 0.102. The van der Waals surface area contributed by atoms with E-state index in [1.165, 1.54) is 16.9 Å². The summed E-state index contributed by atoms with van der Waals surface area (Å²) in [5, 5.41) is 8.75. The molecule has 0 unspecified atom stereocenters. The lowest BCUT2D eigenvalue weighted by atomic mass is 10.1. The minimum Gasteiger partial charge on any atom is -0.493 e. The van der Waals surface area contributed by atoms with Gasteiger partial charge in [0.05, 0.1) is 6.61 Å². The quantitative estimate of drug-likeness (QED) is 0.668. The van der Waals surface area contributed by atoms with Crippen molar-refractivity contribution in [1.82, 2.24) is 4.98 Å². The Morgan fingerprint density at radius 2 is 1.75 bits per heavy atom. The number of aryl methyl sites for hydroxylation is 1. The molecule has 1 saturated heterocycles. The maximum atomic E-state index is 10.6. The van der Waals surface area contributed by atoms with Gasteiger partial charge in [-0.05, 0) is 48.7 Å². The van der Waals surface area contributed by atoms with Crippen molar-refractivity contribution in [2.24, 2.45) is 0 Å². The monoisotopic (exact) mass is 383 g/mol. The van der Waals surface area contributed by atoms with Crippen LogP contribution in [0.5, 0.6) is 5.75 Å². The number of benzene rings is 1. The molecule has 0 saturated carbocycles. The third kappa shape index (κ3) is 5.38. The molecule has 6 heteroatoms. The zero-order valence-electron chi connectivity index (χ0n) is 16.5. The van der Waals surface area contributed by atoms with E-state index >= 15 is 0 Å². The Morgan fingerprint density at radius 3 is 2.39 bits per heavy atom. The first-order valence-electron chi connectivity index (χ1n) is 10.0. The van der Waals surface area contributed by atoms with E-state index in [-0.39, 0.29) is 6.42 Å². The zero-order valence-corrected chi connectivity index (χ0v) is 16.5. The topological polar surface area (TPSA) is 65.9 Å². The molecule has 2 aromatic rings. The van der Waals surface area contributed by atoms with Gasteiger partial charge in [-0.15, -0.1) is 0 Å². The minimum atomic E-state index is -0.779. The van der Waals surface area contributed by atoms with Crippen molar-refractivity contribution in [2.45, 2.75) is 32.6 Å². The lowest BCUT2D eigenvalue weighted by molar-refractivity contribution is -0.137. The second kappa shape index (κ2) is 9.97. The molecule has 3 rings (SSSR count). The summed E-state index contributed by atoms with van der Waals surface area (Å²) in [4.78, 5) is 19.6. The number of pyridine rings is 1. The molecule has 1 fully saturated rings. The fraction of sp³-hybridized carbons (Fsp3) is 0.455. The molecule has 6 nitrogen and oxygen atoms in total. The number of aromatic nitrogens is 1. The van der Waals surface area contributed by atoms with Crippen LogP contribution in [-0.4, -0.2) is 48.8 Å². The molecule has 150 valence electrons. The van der Waals surface area contributed by atoms with Crippen molar-refractivity contribution >= 4 is 17.3 Å². The van der Waals surface area contributed by atoms with Gasteiger partial charge in [-0.3, -0.25) is 9.78 Å². The second-order valence-corrected chi connectivity index (χ2v) is 7.07. The van der Waals surface area contributed by atoms with Gasteiger partial charge in [0.2, 0.25) is 0 Å². The summed E-state index contributed by atoms with van der Waals surface area (Å²) in [5.41, 5.74) is 3.66. The Kier molecular flexibility index (Phi) is 7.12. The summed E-state index contributed by atoms with van der Waals surface area (Å²) < 4.78 is 5.86. The van der Waals surface area contributed by atoms with Crippen molar-refractivity contribution in [3.8, 4) is 5.75 Å². The number of ether oxygens (including phenoxy) is 1. The highest BCUT2D eigenvalue weighted by atomic mass is 16.5. The van der Waals surface area contributed by atoms with Gasteiger partial charge in [0, 0.05) is 56.4 Å². The number of hydrogen-bond acceptors (Lipinski definition) is 5. The third-order valence-corrected chi connectivity index (χ3v) is 5.03. The maximum absolute atomic E-state index is 10.6. The van der Waals surface area contributed by atoms with Crippen molar-refractivity contribution < 1.29 is 14.6 Å². The first-order valence-corrected chi connectivity index (χ1v) is 10.0. The first kappa shape index (κ1) is 20.0. The van der Waals surface area contributed by atoms with E-state index < -0.39 is 5.97 Å². The normalized spacial score (nSPS) is 14.2. The van der Waals surface area contributed by atoms with Gasteiger partial charge in [0.25, 0.3) is 0 Å². The predicted molar refractivity (Wildman–Crippen MR) is 111 cm³/mol. The van der Waals surface area contributed by atoms with Gasteiger partial charge in [0.1, 0.15) is 5.75 Å². The molecular weight excluding hydrogens is 354 g/mol. The average molecular weight is 383 g/mol. The summed E-state index contributed by atoms with van der Waals surface area (Å²) in [6, 6.07) is 10.5. The van der Waals surface area contributed by atoms with Crippen LogP contribution >= 0.6 is 0 Å². The van der Waals surface area contributed by atoms with E-state index in [2.05, 4.69) is 46.0 Å². The number of nitrogens with zero attached hydrogens (tertiary/aromatic N) is 3. The highest BCUT2D eigenvalue weighted by Gasteiger charge is 2.18. The molecule has 28 heavy (non-hydrogen) atoms. The Balaban J connectivity index is 1.61. The Hall–Kier alpha value is -2.76. The molecule has 1 aromatic carbocycles. The van der Waals surface area contributed by atoms with E-state index in [0.717, 1.165) is 44.8 Å². The van der Waals surface area contributed by atoms with E-state index in [1.807, 2.05) is 18.5 Å². The van der Waals surface area contributed by atoms with Crippen molar-refractivity contribution in [3.05, 3.63) is 48.3 Å². The van der Waals surface area contributed by atoms with Gasteiger partial charge < -0.3 is 19.6 Å². The molecule has 0 aliphatic carbocycles. The number of carbonyl (C=O) groups is 1. The summed E-state index contributed by atoms with van der Waals surface area (Å²) in [6.07, 6.45) is 6.36. The summed E-state index contributed by atoms with van der Waals surface area (Å²) in [6.45, 7) is 6.53. The van der Waals surface area contributed by atoms with Crippen LogP contribution in [-0.2, 0) is 11.2 Å². The largest absolute Gasteiger partial charge is 0.493 e. The molecule has 0 spiro atoms. The molecule has 0 radical (unpaired) electrons. The van der Waals surface area contributed by atoms with Gasteiger partial charge in [-0.1, -0.05) is 13.3 Å². The molecule has 1 aliphatic rings. The molecule has 0 atom stereocenters. The summed E-state index contributed by atoms with van der Waals surface area (Å²) >= 11 is 0. The van der Waals surface area contributed by atoms with Gasteiger partial charge >= 0.3 is 5.97 Å². The Bertz CT molecular complexity index is 759. The fourth-order valence-electron chi connectivity index (χ4n) is 3.55. The number of piperazine rings is 1. The van der Waals surface area contributed by atoms with Crippen LogP contribution in [0.4, 0.5) is 11.4 Å². The Morgan fingerprint density at radius 1 is 1.07 bits per heavy atom. The van der Waals surface area contributed by atoms with Crippen LogP contribution < -0.4 is 14.5 Å². The van der Waals surface area contributed by atoms with E-state index in [0.29, 0.717) is 13.0 Å². The smallest absolute Gasteiger partial charge is 0.303 e. The van der Waals surface area contributed by atoms with Crippen LogP contribution in [0.1, 0.15) is 31.7 Å². The fourth-order valence-corrected chi connectivity index (χ4v) is 3.55. The van der Waals surface area contributed by atoms with Gasteiger partial charge in [0.15, 0.2) is 0 Å². The molecular formula is C22H29N3O3. The Labute approximate surface area is 166 Å². The first-order chi connectivity index (χ1) is 13.7. The predicted octanol–water partition coefficient (Wildman–Crippen LogP) is 3.60. The van der Waals surface area contributed by atoms with Crippen LogP contribution in [0, 0.1) is 0 Å². The van der Waals surface area contributed by atoms with Crippen LogP contribution in [0.3, 0.4) is 0 Å². The lowest BCUT2D eigenvalue weighted by Gasteiger charge is -2.37. The molecule has 1 N–H and O–H groups in total. The maximum Gasteiger partial charge on any atom is 0.303 e. The number of aliphatic carboxylic acids is 1. The van der Waals surface area contributed by atoms with Crippen molar-refractivity contribution in [2.75, 3.05) is 42.6 Å². The minimum absolute atomic E-state index is 0.142. The van der Waals surface area contributed by atoms with Crippen LogP contribution in [0.15, 0.2) is 42.7 Å². The number of carboxylic acids is 1. The SMILES string of the molecule is CCCc1cc(N2CCN(c3ccncc3)CC2)ccc1OCCCC(=O)O.